The van der Waals surface area contributed by atoms with Crippen molar-refractivity contribution in [2.45, 2.75) is 13.8 Å². The SMILES string of the molecule is C.c1ccc(P(CCc2ccccn2)c2ccccc2)cc1. The van der Waals surface area contributed by atoms with Crippen molar-refractivity contribution in [3.8, 4) is 0 Å². The van der Waals surface area contributed by atoms with E-state index in [0.29, 0.717) is 0 Å². The second-order valence-corrected chi connectivity index (χ2v) is 7.23. The van der Waals surface area contributed by atoms with E-state index in [2.05, 4.69) is 77.8 Å². The summed E-state index contributed by atoms with van der Waals surface area (Å²) < 4.78 is 0. The number of rotatable bonds is 5. The maximum atomic E-state index is 4.45. The molecule has 0 aliphatic carbocycles. The monoisotopic (exact) mass is 307 g/mol. The van der Waals surface area contributed by atoms with Gasteiger partial charge in [0.25, 0.3) is 0 Å². The molecule has 0 saturated heterocycles. The molecular formula is C20H22NP. The zero-order valence-electron chi connectivity index (χ0n) is 11.9. The zero-order valence-corrected chi connectivity index (χ0v) is 12.8. The Morgan fingerprint density at radius 3 is 1.73 bits per heavy atom. The minimum atomic E-state index is -0.315. The minimum absolute atomic E-state index is 0. The highest BCUT2D eigenvalue weighted by molar-refractivity contribution is 7.73. The molecule has 0 saturated carbocycles. The first-order valence-corrected chi connectivity index (χ1v) is 8.74. The van der Waals surface area contributed by atoms with Crippen molar-refractivity contribution < 1.29 is 0 Å². The summed E-state index contributed by atoms with van der Waals surface area (Å²) in [6.07, 6.45) is 4.04. The second kappa shape index (κ2) is 8.46. The largest absolute Gasteiger partial charge is 0.261 e. The van der Waals surface area contributed by atoms with Crippen LogP contribution in [0.3, 0.4) is 0 Å². The lowest BCUT2D eigenvalue weighted by Gasteiger charge is -2.18. The predicted molar refractivity (Wildman–Crippen MR) is 98.6 cm³/mol. The lowest BCUT2D eigenvalue weighted by Crippen LogP contribution is -2.15. The van der Waals surface area contributed by atoms with Crippen LogP contribution in [0.5, 0.6) is 0 Å². The van der Waals surface area contributed by atoms with E-state index >= 15 is 0 Å². The van der Waals surface area contributed by atoms with Crippen LogP contribution >= 0.6 is 7.92 Å². The van der Waals surface area contributed by atoms with Gasteiger partial charge in [0.2, 0.25) is 0 Å². The maximum absolute atomic E-state index is 4.45. The van der Waals surface area contributed by atoms with Gasteiger partial charge >= 0.3 is 0 Å². The van der Waals surface area contributed by atoms with Gasteiger partial charge in [-0.2, -0.15) is 0 Å². The summed E-state index contributed by atoms with van der Waals surface area (Å²) in [5.74, 6) is 0. The van der Waals surface area contributed by atoms with Gasteiger partial charge in [-0.3, -0.25) is 4.98 Å². The van der Waals surface area contributed by atoms with Crippen LogP contribution in [-0.4, -0.2) is 11.1 Å². The molecular weight excluding hydrogens is 285 g/mol. The van der Waals surface area contributed by atoms with Crippen LogP contribution in [-0.2, 0) is 6.42 Å². The number of hydrogen-bond acceptors (Lipinski definition) is 1. The molecule has 3 aromatic rings. The number of hydrogen-bond donors (Lipinski definition) is 0. The lowest BCUT2D eigenvalue weighted by molar-refractivity contribution is 1.04. The zero-order chi connectivity index (χ0) is 14.3. The number of aromatic nitrogens is 1. The van der Waals surface area contributed by atoms with Crippen LogP contribution in [0.1, 0.15) is 13.1 Å². The fourth-order valence-electron chi connectivity index (χ4n) is 2.40. The standard InChI is InChI=1S/C19H18NP.CH4/c1-3-10-18(11-4-1)21(19-12-5-2-6-13-19)16-14-17-9-7-8-15-20-17;/h1-13,15H,14,16H2;1H4. The van der Waals surface area contributed by atoms with E-state index in [-0.39, 0.29) is 15.3 Å². The van der Waals surface area contributed by atoms with Gasteiger partial charge in [-0.15, -0.1) is 0 Å². The Balaban J connectivity index is 0.00000176. The summed E-state index contributed by atoms with van der Waals surface area (Å²) in [5, 5.41) is 2.88. The van der Waals surface area contributed by atoms with Gasteiger partial charge < -0.3 is 0 Å². The van der Waals surface area contributed by atoms with Crippen LogP contribution in [0.2, 0.25) is 0 Å². The highest BCUT2D eigenvalue weighted by Gasteiger charge is 2.13. The topological polar surface area (TPSA) is 12.9 Å². The fraction of sp³-hybridized carbons (Fsp3) is 0.150. The average molecular weight is 307 g/mol. The van der Waals surface area contributed by atoms with E-state index in [1.54, 1.807) is 0 Å². The van der Waals surface area contributed by atoms with E-state index in [1.165, 1.54) is 16.3 Å². The summed E-state index contributed by atoms with van der Waals surface area (Å²) in [4.78, 5) is 4.45. The van der Waals surface area contributed by atoms with E-state index in [9.17, 15) is 0 Å². The molecule has 0 atom stereocenters. The van der Waals surface area contributed by atoms with Crippen LogP contribution < -0.4 is 10.6 Å². The maximum Gasteiger partial charge on any atom is 0.0407 e. The normalized spacial score (nSPS) is 10.2. The molecule has 1 heterocycles. The first kappa shape index (κ1) is 16.4. The molecule has 0 amide bonds. The molecule has 0 fully saturated rings. The summed E-state index contributed by atoms with van der Waals surface area (Å²) in [5.41, 5.74) is 1.18. The van der Waals surface area contributed by atoms with Crippen LogP contribution in [0, 0.1) is 0 Å². The second-order valence-electron chi connectivity index (χ2n) is 4.89. The number of pyridine rings is 1. The van der Waals surface area contributed by atoms with Gasteiger partial charge in [-0.25, -0.2) is 0 Å². The van der Waals surface area contributed by atoms with Crippen molar-refractivity contribution in [1.29, 1.82) is 0 Å². The third-order valence-corrected chi connectivity index (χ3v) is 5.97. The van der Waals surface area contributed by atoms with Crippen LogP contribution in [0.15, 0.2) is 85.1 Å². The number of nitrogens with zero attached hydrogens (tertiary/aromatic N) is 1. The third kappa shape index (κ3) is 4.26. The highest BCUT2D eigenvalue weighted by atomic mass is 31.1. The van der Waals surface area contributed by atoms with E-state index in [1.807, 2.05) is 12.3 Å². The number of benzene rings is 2. The van der Waals surface area contributed by atoms with Gasteiger partial charge in [0.1, 0.15) is 0 Å². The molecule has 22 heavy (non-hydrogen) atoms. The summed E-state index contributed by atoms with van der Waals surface area (Å²) in [6, 6.07) is 27.8. The molecule has 112 valence electrons. The first-order valence-electron chi connectivity index (χ1n) is 7.21. The van der Waals surface area contributed by atoms with Crippen molar-refractivity contribution in [2.75, 3.05) is 6.16 Å². The van der Waals surface area contributed by atoms with Crippen LogP contribution in [0.4, 0.5) is 0 Å². The fourth-order valence-corrected chi connectivity index (χ4v) is 4.73. The van der Waals surface area contributed by atoms with Gasteiger partial charge in [0.15, 0.2) is 0 Å². The molecule has 1 aromatic heterocycles. The molecule has 0 spiro atoms. The molecule has 0 radical (unpaired) electrons. The molecule has 0 unspecified atom stereocenters. The first-order chi connectivity index (χ1) is 10.4. The molecule has 2 aromatic carbocycles. The van der Waals surface area contributed by atoms with Gasteiger partial charge in [0.05, 0.1) is 0 Å². The van der Waals surface area contributed by atoms with Crippen molar-refractivity contribution in [3.63, 3.8) is 0 Å². The molecule has 0 N–H and O–H groups in total. The predicted octanol–water partition coefficient (Wildman–Crippen LogP) is 4.39. The Hall–Kier alpha value is -1.98. The summed E-state index contributed by atoms with van der Waals surface area (Å²) in [7, 11) is -0.315. The van der Waals surface area contributed by atoms with Gasteiger partial charge in [-0.05, 0) is 43.2 Å². The van der Waals surface area contributed by atoms with E-state index in [4.69, 9.17) is 0 Å². The third-order valence-electron chi connectivity index (χ3n) is 3.45. The van der Waals surface area contributed by atoms with E-state index in [0.717, 1.165) is 12.6 Å². The van der Waals surface area contributed by atoms with Crippen LogP contribution in [0.25, 0.3) is 0 Å². The Labute approximate surface area is 134 Å². The van der Waals surface area contributed by atoms with Gasteiger partial charge in [0, 0.05) is 11.9 Å². The Morgan fingerprint density at radius 1 is 0.682 bits per heavy atom. The number of aryl methyl sites for hydroxylation is 1. The molecule has 2 heteroatoms. The van der Waals surface area contributed by atoms with Crippen molar-refractivity contribution >= 4 is 18.5 Å². The average Bonchev–Trinajstić information content (AvgIpc) is 2.58. The van der Waals surface area contributed by atoms with Crippen molar-refractivity contribution in [3.05, 3.63) is 90.8 Å². The van der Waals surface area contributed by atoms with Crippen molar-refractivity contribution in [1.82, 2.24) is 4.98 Å². The molecule has 0 aliphatic heterocycles. The Kier molecular flexibility index (Phi) is 6.30. The molecule has 0 bridgehead atoms. The molecule has 0 aliphatic rings. The Bertz CT molecular complexity index is 614. The van der Waals surface area contributed by atoms with Gasteiger partial charge in [-0.1, -0.05) is 74.2 Å². The Morgan fingerprint density at radius 2 is 1.23 bits per heavy atom. The highest BCUT2D eigenvalue weighted by Crippen LogP contribution is 2.33. The minimum Gasteiger partial charge on any atom is -0.261 e. The molecule has 3 rings (SSSR count). The van der Waals surface area contributed by atoms with E-state index < -0.39 is 0 Å². The quantitative estimate of drug-likeness (QED) is 0.637. The summed E-state index contributed by atoms with van der Waals surface area (Å²) in [6.45, 7) is 0. The smallest absolute Gasteiger partial charge is 0.0407 e. The lowest BCUT2D eigenvalue weighted by atomic mass is 10.3. The van der Waals surface area contributed by atoms with Crippen molar-refractivity contribution in [2.24, 2.45) is 0 Å². The molecule has 1 nitrogen and oxygen atoms in total. The summed E-state index contributed by atoms with van der Waals surface area (Å²) >= 11 is 0.